The van der Waals surface area contributed by atoms with Crippen molar-refractivity contribution in [1.29, 1.82) is 5.26 Å². The molecule has 0 saturated carbocycles. The molecule has 2 aromatic heterocycles. The third-order valence-corrected chi connectivity index (χ3v) is 3.29. The van der Waals surface area contributed by atoms with Gasteiger partial charge in [-0.2, -0.15) is 5.26 Å². The maximum absolute atomic E-state index is 9.38. The van der Waals surface area contributed by atoms with E-state index >= 15 is 0 Å². The first-order chi connectivity index (χ1) is 10.2. The highest BCUT2D eigenvalue weighted by molar-refractivity contribution is 5.86. The summed E-state index contributed by atoms with van der Waals surface area (Å²) in [6.45, 7) is 4.10. The van der Waals surface area contributed by atoms with Gasteiger partial charge in [-0.3, -0.25) is 0 Å². The first-order valence-corrected chi connectivity index (χ1v) is 6.66. The standard InChI is InChI=1S/C17H14N2O2/c1-11-8-14-12(2)19-17(15(9-18)16(14)21-11)20-10-13-6-4-3-5-7-13/h3-8H,10H2,1-2H3. The first kappa shape index (κ1) is 13.2. The fourth-order valence-electron chi connectivity index (χ4n) is 2.26. The summed E-state index contributed by atoms with van der Waals surface area (Å²) in [7, 11) is 0. The Balaban J connectivity index is 2.00. The van der Waals surface area contributed by atoms with E-state index in [1.165, 1.54) is 0 Å². The molecule has 0 aliphatic heterocycles. The maximum atomic E-state index is 9.38. The van der Waals surface area contributed by atoms with E-state index in [9.17, 15) is 5.26 Å². The Morgan fingerprint density at radius 3 is 2.71 bits per heavy atom. The number of aromatic nitrogens is 1. The zero-order valence-corrected chi connectivity index (χ0v) is 11.9. The Labute approximate surface area is 122 Å². The van der Waals surface area contributed by atoms with Crippen molar-refractivity contribution in [2.45, 2.75) is 20.5 Å². The second-order valence-corrected chi connectivity index (χ2v) is 4.86. The van der Waals surface area contributed by atoms with E-state index in [1.807, 2.05) is 50.2 Å². The van der Waals surface area contributed by atoms with Crippen LogP contribution in [-0.2, 0) is 6.61 Å². The van der Waals surface area contributed by atoms with Gasteiger partial charge in [-0.05, 0) is 25.5 Å². The van der Waals surface area contributed by atoms with Gasteiger partial charge in [0.05, 0.1) is 5.69 Å². The smallest absolute Gasteiger partial charge is 0.236 e. The molecule has 0 fully saturated rings. The third-order valence-electron chi connectivity index (χ3n) is 3.29. The maximum Gasteiger partial charge on any atom is 0.236 e. The summed E-state index contributed by atoms with van der Waals surface area (Å²) in [5.74, 6) is 1.08. The molecule has 1 aromatic carbocycles. The summed E-state index contributed by atoms with van der Waals surface area (Å²) >= 11 is 0. The predicted octanol–water partition coefficient (Wildman–Crippen LogP) is 3.90. The molecule has 3 aromatic rings. The Bertz CT molecular complexity index is 829. The third kappa shape index (κ3) is 2.46. The van der Waals surface area contributed by atoms with Crippen LogP contribution in [0.4, 0.5) is 0 Å². The van der Waals surface area contributed by atoms with Crippen LogP contribution < -0.4 is 4.74 Å². The number of hydrogen-bond acceptors (Lipinski definition) is 4. The van der Waals surface area contributed by atoms with E-state index in [1.54, 1.807) is 0 Å². The number of fused-ring (bicyclic) bond motifs is 1. The van der Waals surface area contributed by atoms with Gasteiger partial charge in [-0.25, -0.2) is 4.98 Å². The highest BCUT2D eigenvalue weighted by atomic mass is 16.5. The summed E-state index contributed by atoms with van der Waals surface area (Å²) < 4.78 is 11.3. The first-order valence-electron chi connectivity index (χ1n) is 6.66. The lowest BCUT2D eigenvalue weighted by atomic mass is 10.2. The molecule has 4 nitrogen and oxygen atoms in total. The molecule has 0 spiro atoms. The Morgan fingerprint density at radius 2 is 2.00 bits per heavy atom. The van der Waals surface area contributed by atoms with Crippen LogP contribution in [0.5, 0.6) is 5.88 Å². The molecule has 0 aliphatic carbocycles. The number of benzene rings is 1. The summed E-state index contributed by atoms with van der Waals surface area (Å²) in [4.78, 5) is 4.40. The lowest BCUT2D eigenvalue weighted by molar-refractivity contribution is 0.292. The van der Waals surface area contributed by atoms with Gasteiger partial charge in [0.15, 0.2) is 11.1 Å². The molecule has 0 unspecified atom stereocenters. The van der Waals surface area contributed by atoms with Gasteiger partial charge in [0.2, 0.25) is 5.88 Å². The summed E-state index contributed by atoms with van der Waals surface area (Å²) in [5, 5.41) is 10.2. The summed E-state index contributed by atoms with van der Waals surface area (Å²) in [5.41, 5.74) is 2.71. The molecule has 0 aliphatic rings. The van der Waals surface area contributed by atoms with Gasteiger partial charge in [-0.1, -0.05) is 30.3 Å². The van der Waals surface area contributed by atoms with Crippen molar-refractivity contribution in [2.75, 3.05) is 0 Å². The van der Waals surface area contributed by atoms with Crippen LogP contribution >= 0.6 is 0 Å². The quantitative estimate of drug-likeness (QED) is 0.729. The number of ether oxygens (including phenoxy) is 1. The van der Waals surface area contributed by atoms with Gasteiger partial charge in [0.25, 0.3) is 0 Å². The molecule has 0 bridgehead atoms. The second-order valence-electron chi connectivity index (χ2n) is 4.86. The SMILES string of the molecule is Cc1cc2c(C)nc(OCc3ccccc3)c(C#N)c2o1. The molecule has 0 amide bonds. The molecule has 0 saturated heterocycles. The zero-order chi connectivity index (χ0) is 14.8. The number of nitrogens with zero attached hydrogens (tertiary/aromatic N) is 2. The molecule has 0 N–H and O–H groups in total. The monoisotopic (exact) mass is 278 g/mol. The number of rotatable bonds is 3. The van der Waals surface area contributed by atoms with Gasteiger partial charge in [0.1, 0.15) is 18.4 Å². The van der Waals surface area contributed by atoms with Crippen LogP contribution in [0.3, 0.4) is 0 Å². The Hall–Kier alpha value is -2.80. The van der Waals surface area contributed by atoms with Gasteiger partial charge in [0, 0.05) is 5.39 Å². The molecule has 104 valence electrons. The average Bonchev–Trinajstić information content (AvgIpc) is 2.88. The highest BCUT2D eigenvalue weighted by Gasteiger charge is 2.17. The van der Waals surface area contributed by atoms with Crippen LogP contribution in [0.1, 0.15) is 22.6 Å². The van der Waals surface area contributed by atoms with Crippen LogP contribution in [0.15, 0.2) is 40.8 Å². The van der Waals surface area contributed by atoms with E-state index in [0.717, 1.165) is 22.4 Å². The van der Waals surface area contributed by atoms with E-state index in [2.05, 4.69) is 11.1 Å². The van der Waals surface area contributed by atoms with Crippen molar-refractivity contribution in [3.63, 3.8) is 0 Å². The molecule has 3 rings (SSSR count). The van der Waals surface area contributed by atoms with Crippen molar-refractivity contribution in [3.8, 4) is 11.9 Å². The summed E-state index contributed by atoms with van der Waals surface area (Å²) in [6.07, 6.45) is 0. The van der Waals surface area contributed by atoms with E-state index in [0.29, 0.717) is 23.6 Å². The fourth-order valence-corrected chi connectivity index (χ4v) is 2.26. The topological polar surface area (TPSA) is 59.0 Å². The molecule has 0 radical (unpaired) electrons. The van der Waals surface area contributed by atoms with Gasteiger partial charge < -0.3 is 9.15 Å². The number of pyridine rings is 1. The number of hydrogen-bond donors (Lipinski definition) is 0. The van der Waals surface area contributed by atoms with E-state index in [-0.39, 0.29) is 0 Å². The van der Waals surface area contributed by atoms with Gasteiger partial charge >= 0.3 is 0 Å². The minimum Gasteiger partial charge on any atom is -0.472 e. The van der Waals surface area contributed by atoms with Crippen LogP contribution in [-0.4, -0.2) is 4.98 Å². The number of nitriles is 1. The molecule has 0 atom stereocenters. The largest absolute Gasteiger partial charge is 0.472 e. The van der Waals surface area contributed by atoms with E-state index in [4.69, 9.17) is 9.15 Å². The minimum absolute atomic E-state index is 0.320. The average molecular weight is 278 g/mol. The summed E-state index contributed by atoms with van der Waals surface area (Å²) in [6, 6.07) is 13.8. The zero-order valence-electron chi connectivity index (χ0n) is 11.9. The molecular formula is C17H14N2O2. The number of aryl methyl sites for hydroxylation is 2. The van der Waals surface area contributed by atoms with Crippen molar-refractivity contribution in [3.05, 3.63) is 59.0 Å². The van der Waals surface area contributed by atoms with Gasteiger partial charge in [-0.15, -0.1) is 0 Å². The van der Waals surface area contributed by atoms with E-state index < -0.39 is 0 Å². The molecule has 21 heavy (non-hydrogen) atoms. The number of furan rings is 1. The van der Waals surface area contributed by atoms with Crippen molar-refractivity contribution < 1.29 is 9.15 Å². The normalized spacial score (nSPS) is 10.5. The second kappa shape index (κ2) is 5.29. The fraction of sp³-hybridized carbons (Fsp3) is 0.176. The minimum atomic E-state index is 0.320. The highest BCUT2D eigenvalue weighted by Crippen LogP contribution is 2.30. The lowest BCUT2D eigenvalue weighted by Crippen LogP contribution is -2.01. The van der Waals surface area contributed by atoms with Crippen molar-refractivity contribution >= 4 is 11.0 Å². The lowest BCUT2D eigenvalue weighted by Gasteiger charge is -2.08. The van der Waals surface area contributed by atoms with Crippen LogP contribution in [0.2, 0.25) is 0 Å². The Morgan fingerprint density at radius 1 is 1.24 bits per heavy atom. The predicted molar refractivity (Wildman–Crippen MR) is 79.0 cm³/mol. The molecule has 4 heteroatoms. The Kier molecular flexibility index (Phi) is 3.33. The van der Waals surface area contributed by atoms with Crippen molar-refractivity contribution in [1.82, 2.24) is 4.98 Å². The van der Waals surface area contributed by atoms with Crippen LogP contribution in [0, 0.1) is 25.2 Å². The van der Waals surface area contributed by atoms with Crippen molar-refractivity contribution in [2.24, 2.45) is 0 Å². The molecule has 2 heterocycles. The molecular weight excluding hydrogens is 264 g/mol. The van der Waals surface area contributed by atoms with Crippen LogP contribution in [0.25, 0.3) is 11.0 Å².